The number of carbonyl (C=O) groups excluding carboxylic acids is 3. The molecule has 2 N–H and O–H groups in total. The van der Waals surface area contributed by atoms with Crippen LogP contribution in [0.3, 0.4) is 0 Å². The van der Waals surface area contributed by atoms with Gasteiger partial charge >= 0.3 is 5.97 Å². The van der Waals surface area contributed by atoms with E-state index in [0.29, 0.717) is 27.5 Å². The summed E-state index contributed by atoms with van der Waals surface area (Å²) < 4.78 is 11.6. The first-order valence-corrected chi connectivity index (χ1v) is 11.0. The molecule has 0 atom stereocenters. The summed E-state index contributed by atoms with van der Waals surface area (Å²) in [6.45, 7) is -0.257. The number of rotatable bonds is 8. The molecule has 0 aliphatic heterocycles. The molecule has 0 radical (unpaired) electrons. The number of esters is 1. The molecular formula is C24H19BrClN3O5. The number of hydrogen-bond donors (Lipinski definition) is 2. The average Bonchev–Trinajstić information content (AvgIpc) is 2.84. The summed E-state index contributed by atoms with van der Waals surface area (Å²) in [5.41, 5.74) is 3.68. The highest BCUT2D eigenvalue weighted by Crippen LogP contribution is 2.28. The second kappa shape index (κ2) is 12.0. The van der Waals surface area contributed by atoms with E-state index in [2.05, 4.69) is 31.8 Å². The van der Waals surface area contributed by atoms with Gasteiger partial charge in [0, 0.05) is 15.1 Å². The van der Waals surface area contributed by atoms with Crippen LogP contribution in [0, 0.1) is 0 Å². The van der Waals surface area contributed by atoms with E-state index < -0.39 is 17.8 Å². The van der Waals surface area contributed by atoms with Crippen molar-refractivity contribution in [1.29, 1.82) is 0 Å². The van der Waals surface area contributed by atoms with Gasteiger partial charge in [0.1, 0.15) is 0 Å². The van der Waals surface area contributed by atoms with Crippen LogP contribution in [-0.4, -0.2) is 37.7 Å². The molecule has 0 aromatic heterocycles. The summed E-state index contributed by atoms with van der Waals surface area (Å²) in [5, 5.41) is 6.86. The lowest BCUT2D eigenvalue weighted by atomic mass is 10.2. The van der Waals surface area contributed by atoms with E-state index in [1.807, 2.05) is 0 Å². The highest BCUT2D eigenvalue weighted by Gasteiger charge is 2.13. The van der Waals surface area contributed by atoms with Crippen LogP contribution in [0.2, 0.25) is 5.02 Å². The number of methoxy groups -OCH3 is 1. The Morgan fingerprint density at radius 2 is 1.65 bits per heavy atom. The zero-order valence-electron chi connectivity index (χ0n) is 17.9. The van der Waals surface area contributed by atoms with Gasteiger partial charge in [-0.15, -0.1) is 0 Å². The van der Waals surface area contributed by atoms with Crippen LogP contribution >= 0.6 is 27.5 Å². The SMILES string of the molecule is COc1cc(C=NNC(=O)CNC(=O)c2ccc(Cl)cc2)ccc1OC(=O)c1ccc(Br)cc1. The predicted molar refractivity (Wildman–Crippen MR) is 132 cm³/mol. The van der Waals surface area contributed by atoms with Crippen molar-refractivity contribution in [3.8, 4) is 11.5 Å². The molecule has 0 bridgehead atoms. The summed E-state index contributed by atoms with van der Waals surface area (Å²) in [6, 6.07) is 17.8. The Morgan fingerprint density at radius 3 is 2.32 bits per heavy atom. The number of carbonyl (C=O) groups is 3. The Kier molecular flexibility index (Phi) is 8.78. The first kappa shape index (κ1) is 24.9. The largest absolute Gasteiger partial charge is 0.493 e. The third-order valence-corrected chi connectivity index (χ3v) is 5.17. The molecule has 174 valence electrons. The molecule has 3 aromatic carbocycles. The summed E-state index contributed by atoms with van der Waals surface area (Å²) in [6.07, 6.45) is 1.39. The van der Waals surface area contributed by atoms with E-state index in [-0.39, 0.29) is 12.3 Å². The summed E-state index contributed by atoms with van der Waals surface area (Å²) in [7, 11) is 1.44. The number of hydrogen-bond acceptors (Lipinski definition) is 6. The number of halogens is 2. The summed E-state index contributed by atoms with van der Waals surface area (Å²) in [4.78, 5) is 36.3. The molecule has 0 aliphatic carbocycles. The molecule has 0 heterocycles. The lowest BCUT2D eigenvalue weighted by Gasteiger charge is -2.10. The molecule has 0 saturated carbocycles. The Morgan fingerprint density at radius 1 is 0.971 bits per heavy atom. The van der Waals surface area contributed by atoms with Crippen molar-refractivity contribution < 1.29 is 23.9 Å². The molecule has 8 nitrogen and oxygen atoms in total. The highest BCUT2D eigenvalue weighted by molar-refractivity contribution is 9.10. The molecule has 0 unspecified atom stereocenters. The molecule has 0 aliphatic rings. The molecular weight excluding hydrogens is 526 g/mol. The first-order valence-electron chi connectivity index (χ1n) is 9.87. The molecule has 10 heteroatoms. The molecule has 0 saturated heterocycles. The number of nitrogens with one attached hydrogen (secondary N) is 2. The molecule has 2 amide bonds. The zero-order chi connectivity index (χ0) is 24.5. The van der Waals surface area contributed by atoms with Gasteiger partial charge in [-0.3, -0.25) is 9.59 Å². The number of ether oxygens (including phenoxy) is 2. The van der Waals surface area contributed by atoms with Gasteiger partial charge in [-0.1, -0.05) is 27.5 Å². The topological polar surface area (TPSA) is 106 Å². The Balaban J connectivity index is 1.53. The van der Waals surface area contributed by atoms with Gasteiger partial charge in [-0.05, 0) is 72.3 Å². The average molecular weight is 545 g/mol. The number of hydrazone groups is 1. The Bertz CT molecular complexity index is 1210. The van der Waals surface area contributed by atoms with Crippen molar-refractivity contribution in [3.05, 3.63) is 92.9 Å². The van der Waals surface area contributed by atoms with Gasteiger partial charge in [0.2, 0.25) is 0 Å². The van der Waals surface area contributed by atoms with Gasteiger partial charge in [0.15, 0.2) is 11.5 Å². The summed E-state index contributed by atoms with van der Waals surface area (Å²) in [5.74, 6) is -0.892. The third kappa shape index (κ3) is 7.16. The highest BCUT2D eigenvalue weighted by atomic mass is 79.9. The van der Waals surface area contributed by atoms with E-state index in [9.17, 15) is 14.4 Å². The molecule has 3 aromatic rings. The van der Waals surface area contributed by atoms with Crippen LogP contribution in [0.15, 0.2) is 76.3 Å². The molecule has 3 rings (SSSR count). The summed E-state index contributed by atoms with van der Waals surface area (Å²) >= 11 is 9.10. The maximum absolute atomic E-state index is 12.3. The van der Waals surface area contributed by atoms with E-state index in [4.69, 9.17) is 21.1 Å². The molecule has 34 heavy (non-hydrogen) atoms. The number of amides is 2. The van der Waals surface area contributed by atoms with Crippen molar-refractivity contribution in [2.75, 3.05) is 13.7 Å². The minimum absolute atomic E-state index is 0.238. The van der Waals surface area contributed by atoms with E-state index in [0.717, 1.165) is 4.47 Å². The third-order valence-electron chi connectivity index (χ3n) is 4.39. The molecule has 0 spiro atoms. The van der Waals surface area contributed by atoms with Crippen molar-refractivity contribution in [2.45, 2.75) is 0 Å². The number of nitrogens with zero attached hydrogens (tertiary/aromatic N) is 1. The van der Waals surface area contributed by atoms with Crippen LogP contribution in [0.5, 0.6) is 11.5 Å². The smallest absolute Gasteiger partial charge is 0.343 e. The number of benzene rings is 3. The van der Waals surface area contributed by atoms with Crippen molar-refractivity contribution in [3.63, 3.8) is 0 Å². The fourth-order valence-corrected chi connectivity index (χ4v) is 3.07. The van der Waals surface area contributed by atoms with Crippen LogP contribution in [0.4, 0.5) is 0 Å². The first-order chi connectivity index (χ1) is 16.4. The van der Waals surface area contributed by atoms with E-state index in [1.54, 1.807) is 66.7 Å². The molecule has 0 fully saturated rings. The fraction of sp³-hybridized carbons (Fsp3) is 0.0833. The second-order valence-corrected chi connectivity index (χ2v) is 8.14. The maximum atomic E-state index is 12.3. The van der Waals surface area contributed by atoms with Crippen molar-refractivity contribution >= 4 is 51.5 Å². The van der Waals surface area contributed by atoms with Crippen molar-refractivity contribution in [1.82, 2.24) is 10.7 Å². The monoisotopic (exact) mass is 543 g/mol. The van der Waals surface area contributed by atoms with Gasteiger partial charge < -0.3 is 14.8 Å². The predicted octanol–water partition coefficient (Wildman–Crippen LogP) is 4.21. The van der Waals surface area contributed by atoms with Gasteiger partial charge in [-0.2, -0.15) is 5.10 Å². The Labute approximate surface area is 209 Å². The fourth-order valence-electron chi connectivity index (χ4n) is 2.68. The van der Waals surface area contributed by atoms with Gasteiger partial charge in [-0.25, -0.2) is 10.2 Å². The second-order valence-electron chi connectivity index (χ2n) is 6.79. The standard InChI is InChI=1S/C24H19BrClN3O5/c1-33-21-12-15(2-11-20(21)34-24(32)17-3-7-18(25)8-4-17)13-28-29-22(30)14-27-23(31)16-5-9-19(26)10-6-16/h2-13H,14H2,1H3,(H,27,31)(H,29,30). The lowest BCUT2D eigenvalue weighted by Crippen LogP contribution is -2.34. The minimum Gasteiger partial charge on any atom is -0.493 e. The van der Waals surface area contributed by atoms with E-state index in [1.165, 1.54) is 13.3 Å². The Hall–Kier alpha value is -3.69. The van der Waals surface area contributed by atoms with E-state index >= 15 is 0 Å². The zero-order valence-corrected chi connectivity index (χ0v) is 20.2. The van der Waals surface area contributed by atoms with Crippen LogP contribution in [0.1, 0.15) is 26.3 Å². The van der Waals surface area contributed by atoms with Crippen LogP contribution < -0.4 is 20.2 Å². The van der Waals surface area contributed by atoms with Gasteiger partial charge in [0.05, 0.1) is 25.4 Å². The van der Waals surface area contributed by atoms with Crippen molar-refractivity contribution in [2.24, 2.45) is 5.10 Å². The van der Waals surface area contributed by atoms with Crippen LogP contribution in [-0.2, 0) is 4.79 Å². The minimum atomic E-state index is -0.528. The maximum Gasteiger partial charge on any atom is 0.343 e. The van der Waals surface area contributed by atoms with Crippen LogP contribution in [0.25, 0.3) is 0 Å². The normalized spacial score (nSPS) is 10.6. The van der Waals surface area contributed by atoms with Gasteiger partial charge in [0.25, 0.3) is 11.8 Å². The quantitative estimate of drug-likeness (QED) is 0.191. The lowest BCUT2D eigenvalue weighted by molar-refractivity contribution is -0.120.